The molecular formula is C20H24N2O5S. The van der Waals surface area contributed by atoms with Crippen LogP contribution in [0.25, 0.3) is 0 Å². The number of sulfonamides is 1. The first-order valence-electron chi connectivity index (χ1n) is 8.88. The lowest BCUT2D eigenvalue weighted by Gasteiger charge is -2.13. The van der Waals surface area contributed by atoms with Gasteiger partial charge in [0, 0.05) is 13.0 Å². The molecule has 0 saturated carbocycles. The van der Waals surface area contributed by atoms with Crippen molar-refractivity contribution in [3.63, 3.8) is 0 Å². The van der Waals surface area contributed by atoms with E-state index in [9.17, 15) is 18.0 Å². The van der Waals surface area contributed by atoms with E-state index >= 15 is 0 Å². The van der Waals surface area contributed by atoms with Crippen molar-refractivity contribution in [2.45, 2.75) is 37.2 Å². The summed E-state index contributed by atoms with van der Waals surface area (Å²) in [6, 6.07) is 15.7. The number of rotatable bonds is 9. The molecule has 0 saturated heterocycles. The van der Waals surface area contributed by atoms with Gasteiger partial charge < -0.3 is 10.1 Å². The van der Waals surface area contributed by atoms with E-state index in [1.165, 1.54) is 19.1 Å². The van der Waals surface area contributed by atoms with E-state index in [4.69, 9.17) is 9.88 Å². The maximum Gasteiger partial charge on any atom is 0.306 e. The molecule has 1 amide bonds. The monoisotopic (exact) mass is 404 g/mol. The lowest BCUT2D eigenvalue weighted by Crippen LogP contribution is -2.36. The average Bonchev–Trinajstić information content (AvgIpc) is 2.66. The van der Waals surface area contributed by atoms with E-state index in [1.807, 2.05) is 30.3 Å². The highest BCUT2D eigenvalue weighted by atomic mass is 32.2. The Hall–Kier alpha value is -2.71. The van der Waals surface area contributed by atoms with E-state index in [0.717, 1.165) is 11.1 Å². The molecule has 8 heteroatoms. The first-order valence-corrected chi connectivity index (χ1v) is 10.4. The molecule has 2 rings (SSSR count). The third-order valence-electron chi connectivity index (χ3n) is 4.10. The Labute approximate surface area is 164 Å². The number of primary sulfonamides is 1. The number of nitrogens with one attached hydrogen (secondary N) is 1. The Morgan fingerprint density at radius 2 is 1.61 bits per heavy atom. The summed E-state index contributed by atoms with van der Waals surface area (Å²) < 4.78 is 27.6. The number of carbonyl (C=O) groups is 2. The molecule has 0 aromatic heterocycles. The minimum absolute atomic E-state index is 0.0135. The highest BCUT2D eigenvalue weighted by molar-refractivity contribution is 7.89. The first kappa shape index (κ1) is 21.6. The Kier molecular flexibility index (Phi) is 7.71. The summed E-state index contributed by atoms with van der Waals surface area (Å²) in [5, 5.41) is 7.79. The maximum absolute atomic E-state index is 12.0. The van der Waals surface area contributed by atoms with Crippen molar-refractivity contribution in [2.75, 3.05) is 6.54 Å². The van der Waals surface area contributed by atoms with Crippen molar-refractivity contribution in [2.24, 2.45) is 5.14 Å². The second-order valence-electron chi connectivity index (χ2n) is 6.35. The van der Waals surface area contributed by atoms with Gasteiger partial charge in [-0.2, -0.15) is 0 Å². The van der Waals surface area contributed by atoms with Crippen molar-refractivity contribution in [1.29, 1.82) is 0 Å². The zero-order valence-corrected chi connectivity index (χ0v) is 16.4. The molecular weight excluding hydrogens is 380 g/mol. The van der Waals surface area contributed by atoms with Crippen molar-refractivity contribution < 1.29 is 22.7 Å². The summed E-state index contributed by atoms with van der Waals surface area (Å²) >= 11 is 0. The number of aryl methyl sites for hydroxylation is 1. The van der Waals surface area contributed by atoms with Crippen LogP contribution in [0.2, 0.25) is 0 Å². The zero-order valence-electron chi connectivity index (χ0n) is 15.6. The average molecular weight is 404 g/mol. The van der Waals surface area contributed by atoms with Crippen LogP contribution in [0.1, 0.15) is 24.5 Å². The SMILES string of the molecule is CC(OC(=O)CCc1ccc(S(N)(=O)=O)cc1)C(=O)NCCc1ccccc1. The molecule has 0 radical (unpaired) electrons. The van der Waals surface area contributed by atoms with Gasteiger partial charge in [-0.05, 0) is 43.0 Å². The Morgan fingerprint density at radius 1 is 1.00 bits per heavy atom. The van der Waals surface area contributed by atoms with Crippen LogP contribution in [0, 0.1) is 0 Å². The molecule has 1 unspecified atom stereocenters. The van der Waals surface area contributed by atoms with Gasteiger partial charge in [-0.25, -0.2) is 13.6 Å². The molecule has 3 N–H and O–H groups in total. The maximum atomic E-state index is 12.0. The molecule has 2 aromatic rings. The van der Waals surface area contributed by atoms with E-state index in [-0.39, 0.29) is 17.2 Å². The van der Waals surface area contributed by atoms with Gasteiger partial charge in [0.2, 0.25) is 10.0 Å². The largest absolute Gasteiger partial charge is 0.453 e. The summed E-state index contributed by atoms with van der Waals surface area (Å²) in [7, 11) is -3.74. The quantitative estimate of drug-likeness (QED) is 0.615. The normalized spacial score (nSPS) is 12.2. The summed E-state index contributed by atoms with van der Waals surface area (Å²) in [6.45, 7) is 1.98. The van der Waals surface area contributed by atoms with Crippen LogP contribution >= 0.6 is 0 Å². The molecule has 150 valence electrons. The Balaban J connectivity index is 1.72. The van der Waals surface area contributed by atoms with Gasteiger partial charge in [0.1, 0.15) is 0 Å². The van der Waals surface area contributed by atoms with Gasteiger partial charge >= 0.3 is 5.97 Å². The fraction of sp³-hybridized carbons (Fsp3) is 0.300. The van der Waals surface area contributed by atoms with Crippen molar-refractivity contribution in [3.8, 4) is 0 Å². The highest BCUT2D eigenvalue weighted by Crippen LogP contribution is 2.11. The molecule has 1 atom stereocenters. The Bertz CT molecular complexity index is 896. The van der Waals surface area contributed by atoms with Crippen molar-refractivity contribution in [3.05, 3.63) is 65.7 Å². The molecule has 0 spiro atoms. The van der Waals surface area contributed by atoms with Gasteiger partial charge in [0.05, 0.1) is 4.90 Å². The summed E-state index contributed by atoms with van der Waals surface area (Å²) in [4.78, 5) is 24.0. The molecule has 0 heterocycles. The van der Waals surface area contributed by atoms with Crippen LogP contribution < -0.4 is 10.5 Å². The van der Waals surface area contributed by atoms with E-state index in [0.29, 0.717) is 19.4 Å². The molecule has 28 heavy (non-hydrogen) atoms. The number of ether oxygens (including phenoxy) is 1. The van der Waals surface area contributed by atoms with Crippen LogP contribution in [0.5, 0.6) is 0 Å². The predicted octanol–water partition coefficient (Wildman–Crippen LogP) is 1.56. The van der Waals surface area contributed by atoms with E-state index in [1.54, 1.807) is 12.1 Å². The van der Waals surface area contributed by atoms with Gasteiger partial charge in [-0.3, -0.25) is 9.59 Å². The molecule has 0 bridgehead atoms. The number of amides is 1. The minimum atomic E-state index is -3.74. The molecule has 0 aliphatic carbocycles. The lowest BCUT2D eigenvalue weighted by molar-refractivity contribution is -0.154. The fourth-order valence-corrected chi connectivity index (χ4v) is 3.04. The van der Waals surface area contributed by atoms with Crippen LogP contribution in [-0.2, 0) is 37.2 Å². The van der Waals surface area contributed by atoms with E-state index in [2.05, 4.69) is 5.32 Å². The zero-order chi connectivity index (χ0) is 20.6. The van der Waals surface area contributed by atoms with Crippen molar-refractivity contribution in [1.82, 2.24) is 5.32 Å². The molecule has 2 aromatic carbocycles. The topological polar surface area (TPSA) is 116 Å². The number of esters is 1. The lowest BCUT2D eigenvalue weighted by atomic mass is 10.1. The highest BCUT2D eigenvalue weighted by Gasteiger charge is 2.17. The molecule has 0 fully saturated rings. The van der Waals surface area contributed by atoms with Crippen LogP contribution in [-0.4, -0.2) is 32.9 Å². The first-order chi connectivity index (χ1) is 13.3. The number of carbonyl (C=O) groups excluding carboxylic acids is 2. The van der Waals surface area contributed by atoms with Gasteiger partial charge in [-0.1, -0.05) is 42.5 Å². The van der Waals surface area contributed by atoms with Gasteiger partial charge in [-0.15, -0.1) is 0 Å². The van der Waals surface area contributed by atoms with Gasteiger partial charge in [0.25, 0.3) is 5.91 Å². The summed E-state index contributed by atoms with van der Waals surface area (Å²) in [5.41, 5.74) is 1.88. The minimum Gasteiger partial charge on any atom is -0.453 e. The number of nitrogens with two attached hydrogens (primary N) is 1. The number of hydrogen-bond acceptors (Lipinski definition) is 5. The smallest absolute Gasteiger partial charge is 0.306 e. The number of hydrogen-bond donors (Lipinski definition) is 2. The third-order valence-corrected chi connectivity index (χ3v) is 5.03. The number of benzene rings is 2. The molecule has 0 aliphatic heterocycles. The second kappa shape index (κ2) is 10.0. The molecule has 0 aliphatic rings. The predicted molar refractivity (Wildman–Crippen MR) is 105 cm³/mol. The molecule has 7 nitrogen and oxygen atoms in total. The summed E-state index contributed by atoms with van der Waals surface area (Å²) in [6.07, 6.45) is 0.262. The van der Waals surface area contributed by atoms with E-state index < -0.39 is 22.1 Å². The second-order valence-corrected chi connectivity index (χ2v) is 7.91. The van der Waals surface area contributed by atoms with Gasteiger partial charge in [0.15, 0.2) is 6.10 Å². The standard InChI is InChI=1S/C20H24N2O5S/c1-15(20(24)22-14-13-16-5-3-2-4-6-16)27-19(23)12-9-17-7-10-18(11-8-17)28(21,25)26/h2-8,10-11,15H,9,12-14H2,1H3,(H,22,24)(H2,21,25,26). The van der Waals surface area contributed by atoms with Crippen LogP contribution in [0.15, 0.2) is 59.5 Å². The summed E-state index contributed by atoms with van der Waals surface area (Å²) in [5.74, 6) is -0.844. The van der Waals surface area contributed by atoms with Crippen LogP contribution in [0.4, 0.5) is 0 Å². The third kappa shape index (κ3) is 7.13. The Morgan fingerprint density at radius 3 is 2.21 bits per heavy atom. The fourth-order valence-electron chi connectivity index (χ4n) is 2.52. The van der Waals surface area contributed by atoms with Crippen molar-refractivity contribution >= 4 is 21.9 Å². The van der Waals surface area contributed by atoms with Crippen LogP contribution in [0.3, 0.4) is 0 Å².